The fourth-order valence-corrected chi connectivity index (χ4v) is 2.15. The number of carbonyl (C=O) groups excluding carboxylic acids is 1. The molecule has 0 saturated heterocycles. The highest BCUT2D eigenvalue weighted by Gasteiger charge is 2.06. The van der Waals surface area contributed by atoms with E-state index in [9.17, 15) is 4.79 Å². The van der Waals surface area contributed by atoms with Crippen molar-refractivity contribution < 1.29 is 4.79 Å². The van der Waals surface area contributed by atoms with Gasteiger partial charge in [0.2, 0.25) is 5.91 Å². The second kappa shape index (κ2) is 6.78. The zero-order valence-electron chi connectivity index (χ0n) is 11.1. The molecule has 1 N–H and O–H groups in total. The van der Waals surface area contributed by atoms with Gasteiger partial charge in [0.05, 0.1) is 0 Å². The molecule has 0 bridgehead atoms. The molecule has 2 nitrogen and oxygen atoms in total. The van der Waals surface area contributed by atoms with Crippen molar-refractivity contribution in [3.8, 4) is 0 Å². The fourth-order valence-electron chi connectivity index (χ4n) is 1.85. The number of halogens is 2. The minimum atomic E-state index is -0.0229. The first-order valence-electron chi connectivity index (χ1n) is 6.35. The van der Waals surface area contributed by atoms with Crippen LogP contribution >= 0.6 is 23.2 Å². The standard InChI is InChI=1S/C16H15Cl2NO/c1-11-2-6-14(18)10-15(11)19-16(20)9-5-12-3-7-13(17)8-4-12/h2-4,6-8,10H,5,9H2,1H3,(H,19,20). The van der Waals surface area contributed by atoms with E-state index < -0.39 is 0 Å². The summed E-state index contributed by atoms with van der Waals surface area (Å²) in [6.07, 6.45) is 1.11. The van der Waals surface area contributed by atoms with Crippen LogP contribution in [0.3, 0.4) is 0 Å². The Labute approximate surface area is 128 Å². The highest BCUT2D eigenvalue weighted by Crippen LogP contribution is 2.20. The molecule has 0 saturated carbocycles. The lowest BCUT2D eigenvalue weighted by molar-refractivity contribution is -0.116. The number of nitrogens with one attached hydrogen (secondary N) is 1. The first-order chi connectivity index (χ1) is 9.54. The Morgan fingerprint density at radius 3 is 2.40 bits per heavy atom. The topological polar surface area (TPSA) is 29.1 Å². The van der Waals surface area contributed by atoms with E-state index in [1.54, 1.807) is 12.1 Å². The molecule has 0 aliphatic carbocycles. The van der Waals surface area contributed by atoms with Crippen LogP contribution in [0.25, 0.3) is 0 Å². The van der Waals surface area contributed by atoms with Gasteiger partial charge in [0.25, 0.3) is 0 Å². The van der Waals surface area contributed by atoms with Crippen LogP contribution in [0, 0.1) is 6.92 Å². The van der Waals surface area contributed by atoms with Gasteiger partial charge in [-0.05, 0) is 48.7 Å². The van der Waals surface area contributed by atoms with E-state index in [1.807, 2.05) is 37.3 Å². The molecule has 0 aliphatic rings. The predicted octanol–water partition coefficient (Wildman–Crippen LogP) is 4.87. The summed E-state index contributed by atoms with van der Waals surface area (Å²) in [6.45, 7) is 1.94. The van der Waals surface area contributed by atoms with E-state index in [0.717, 1.165) is 16.8 Å². The molecule has 0 aliphatic heterocycles. The lowest BCUT2D eigenvalue weighted by Gasteiger charge is -2.09. The van der Waals surface area contributed by atoms with Crippen molar-refractivity contribution in [2.24, 2.45) is 0 Å². The van der Waals surface area contributed by atoms with E-state index in [2.05, 4.69) is 5.32 Å². The molecule has 0 aromatic heterocycles. The molecule has 2 aromatic carbocycles. The van der Waals surface area contributed by atoms with Crippen molar-refractivity contribution >= 4 is 34.8 Å². The van der Waals surface area contributed by atoms with Crippen molar-refractivity contribution in [2.75, 3.05) is 5.32 Å². The summed E-state index contributed by atoms with van der Waals surface area (Å²) in [6, 6.07) is 13.0. The largest absolute Gasteiger partial charge is 0.326 e. The number of rotatable bonds is 4. The first kappa shape index (κ1) is 14.9. The second-order valence-electron chi connectivity index (χ2n) is 4.63. The van der Waals surface area contributed by atoms with Gasteiger partial charge in [0.1, 0.15) is 0 Å². The molecule has 0 radical (unpaired) electrons. The maximum Gasteiger partial charge on any atom is 0.224 e. The average molecular weight is 308 g/mol. The molecule has 2 rings (SSSR count). The average Bonchev–Trinajstić information content (AvgIpc) is 2.42. The number of carbonyl (C=O) groups is 1. The molecule has 1 amide bonds. The fraction of sp³-hybridized carbons (Fsp3) is 0.188. The van der Waals surface area contributed by atoms with Crippen LogP contribution in [0.4, 0.5) is 5.69 Å². The van der Waals surface area contributed by atoms with E-state index in [4.69, 9.17) is 23.2 Å². The third-order valence-electron chi connectivity index (χ3n) is 3.03. The van der Waals surface area contributed by atoms with E-state index in [-0.39, 0.29) is 5.91 Å². The van der Waals surface area contributed by atoms with Gasteiger partial charge in [-0.3, -0.25) is 4.79 Å². The summed E-state index contributed by atoms with van der Waals surface area (Å²) in [5.41, 5.74) is 2.85. The maximum atomic E-state index is 11.9. The summed E-state index contributed by atoms with van der Waals surface area (Å²) in [7, 11) is 0. The molecule has 20 heavy (non-hydrogen) atoms. The predicted molar refractivity (Wildman–Crippen MR) is 84.6 cm³/mol. The molecule has 2 aromatic rings. The summed E-state index contributed by atoms with van der Waals surface area (Å²) in [4.78, 5) is 11.9. The number of aryl methyl sites for hydroxylation is 2. The van der Waals surface area contributed by atoms with Gasteiger partial charge in [-0.15, -0.1) is 0 Å². The number of amides is 1. The van der Waals surface area contributed by atoms with E-state index in [0.29, 0.717) is 22.9 Å². The summed E-state index contributed by atoms with van der Waals surface area (Å²) in [5.74, 6) is -0.0229. The number of benzene rings is 2. The van der Waals surface area contributed by atoms with Gasteiger partial charge in [0.15, 0.2) is 0 Å². The molecule has 4 heteroatoms. The first-order valence-corrected chi connectivity index (χ1v) is 7.10. The van der Waals surface area contributed by atoms with Gasteiger partial charge < -0.3 is 5.32 Å². The molecular formula is C16H15Cl2NO. The van der Waals surface area contributed by atoms with Crippen LogP contribution in [0.2, 0.25) is 10.0 Å². The van der Waals surface area contributed by atoms with Crippen LogP contribution in [0.5, 0.6) is 0 Å². The van der Waals surface area contributed by atoms with Crippen LogP contribution in [-0.2, 0) is 11.2 Å². The molecule has 0 heterocycles. The smallest absolute Gasteiger partial charge is 0.224 e. The Hall–Kier alpha value is -1.51. The molecular weight excluding hydrogens is 293 g/mol. The second-order valence-corrected chi connectivity index (χ2v) is 5.51. The minimum Gasteiger partial charge on any atom is -0.326 e. The molecule has 0 unspecified atom stereocenters. The van der Waals surface area contributed by atoms with Crippen molar-refractivity contribution in [2.45, 2.75) is 19.8 Å². The quantitative estimate of drug-likeness (QED) is 0.857. The Morgan fingerprint density at radius 2 is 1.70 bits per heavy atom. The summed E-state index contributed by atoms with van der Waals surface area (Å²) < 4.78 is 0. The van der Waals surface area contributed by atoms with Gasteiger partial charge in [-0.1, -0.05) is 41.4 Å². The Balaban J connectivity index is 1.92. The lowest BCUT2D eigenvalue weighted by atomic mass is 10.1. The van der Waals surface area contributed by atoms with Crippen LogP contribution in [0.15, 0.2) is 42.5 Å². The molecule has 104 valence electrons. The third-order valence-corrected chi connectivity index (χ3v) is 3.51. The van der Waals surface area contributed by atoms with E-state index in [1.165, 1.54) is 0 Å². The van der Waals surface area contributed by atoms with Crippen molar-refractivity contribution in [1.29, 1.82) is 0 Å². The molecule has 0 atom stereocenters. The van der Waals surface area contributed by atoms with Gasteiger partial charge in [0, 0.05) is 22.2 Å². The number of hydrogen-bond donors (Lipinski definition) is 1. The summed E-state index contributed by atoms with van der Waals surface area (Å²) >= 11 is 11.7. The number of anilines is 1. The maximum absolute atomic E-state index is 11.9. The minimum absolute atomic E-state index is 0.0229. The third kappa shape index (κ3) is 4.26. The van der Waals surface area contributed by atoms with Crippen molar-refractivity contribution in [3.63, 3.8) is 0 Å². The highest BCUT2D eigenvalue weighted by molar-refractivity contribution is 6.31. The van der Waals surface area contributed by atoms with Gasteiger partial charge in [-0.25, -0.2) is 0 Å². The SMILES string of the molecule is Cc1ccc(Cl)cc1NC(=O)CCc1ccc(Cl)cc1. The molecule has 0 fully saturated rings. The Kier molecular flexibility index (Phi) is 5.05. The van der Waals surface area contributed by atoms with E-state index >= 15 is 0 Å². The normalized spacial score (nSPS) is 10.3. The van der Waals surface area contributed by atoms with Crippen LogP contribution in [-0.4, -0.2) is 5.91 Å². The van der Waals surface area contributed by atoms with Crippen molar-refractivity contribution in [1.82, 2.24) is 0 Å². The zero-order chi connectivity index (χ0) is 14.5. The van der Waals surface area contributed by atoms with Crippen LogP contribution < -0.4 is 5.32 Å². The lowest BCUT2D eigenvalue weighted by Crippen LogP contribution is -2.13. The zero-order valence-corrected chi connectivity index (χ0v) is 12.6. The Morgan fingerprint density at radius 1 is 1.05 bits per heavy atom. The van der Waals surface area contributed by atoms with Gasteiger partial charge in [-0.2, -0.15) is 0 Å². The highest BCUT2D eigenvalue weighted by atomic mass is 35.5. The number of hydrogen-bond acceptors (Lipinski definition) is 1. The van der Waals surface area contributed by atoms with Gasteiger partial charge >= 0.3 is 0 Å². The van der Waals surface area contributed by atoms with Crippen molar-refractivity contribution in [3.05, 3.63) is 63.6 Å². The summed E-state index contributed by atoms with van der Waals surface area (Å²) in [5, 5.41) is 4.20. The Bertz CT molecular complexity index is 608. The molecule has 0 spiro atoms. The monoisotopic (exact) mass is 307 g/mol. The van der Waals surface area contributed by atoms with Crippen LogP contribution in [0.1, 0.15) is 17.5 Å².